The second-order valence-corrected chi connectivity index (χ2v) is 6.54. The Labute approximate surface area is 110 Å². The van der Waals surface area contributed by atoms with Crippen LogP contribution in [0.2, 0.25) is 0 Å². The number of nitrogens with zero attached hydrogens (tertiary/aromatic N) is 1. The molecule has 1 aromatic rings. The van der Waals surface area contributed by atoms with Gasteiger partial charge in [0.1, 0.15) is 0 Å². The van der Waals surface area contributed by atoms with Gasteiger partial charge in [0.2, 0.25) is 5.91 Å². The summed E-state index contributed by atoms with van der Waals surface area (Å²) in [4.78, 5) is 15.1. The van der Waals surface area contributed by atoms with E-state index in [1.54, 1.807) is 11.3 Å². The quantitative estimate of drug-likeness (QED) is 0.826. The normalized spacial score (nSPS) is 11.6. The van der Waals surface area contributed by atoms with Crippen LogP contribution in [-0.2, 0) is 11.3 Å². The molecule has 1 aromatic heterocycles. The molecule has 1 amide bonds. The maximum Gasteiger partial charge on any atom is 0.228 e. The van der Waals surface area contributed by atoms with Crippen molar-refractivity contribution in [3.8, 4) is 0 Å². The lowest BCUT2D eigenvalue weighted by Gasteiger charge is -2.28. The van der Waals surface area contributed by atoms with Crippen LogP contribution in [0.25, 0.3) is 0 Å². The van der Waals surface area contributed by atoms with Crippen molar-refractivity contribution in [3.05, 3.63) is 20.8 Å². The highest BCUT2D eigenvalue weighted by atomic mass is 79.9. The molecule has 1 heterocycles. The first-order valence-corrected chi connectivity index (χ1v) is 7.02. The maximum atomic E-state index is 12.1. The number of carbonyl (C=O) groups is 1. The summed E-state index contributed by atoms with van der Waals surface area (Å²) in [6.07, 6.45) is 0.865. The topological polar surface area (TPSA) is 20.3 Å². The first-order chi connectivity index (χ1) is 7.36. The van der Waals surface area contributed by atoms with Crippen LogP contribution >= 0.6 is 27.3 Å². The summed E-state index contributed by atoms with van der Waals surface area (Å²) in [6.45, 7) is 6.73. The number of carbonyl (C=O) groups excluding carboxylic acids is 1. The van der Waals surface area contributed by atoms with Crippen LogP contribution in [0.4, 0.5) is 0 Å². The highest BCUT2D eigenvalue weighted by Crippen LogP contribution is 2.25. The van der Waals surface area contributed by atoms with Crippen molar-refractivity contribution in [2.24, 2.45) is 5.41 Å². The van der Waals surface area contributed by atoms with E-state index < -0.39 is 0 Å². The second-order valence-electron chi connectivity index (χ2n) is 4.63. The predicted octanol–water partition coefficient (Wildman–Crippen LogP) is 3.91. The molecule has 0 unspecified atom stereocenters. The average Bonchev–Trinajstić information content (AvgIpc) is 2.62. The van der Waals surface area contributed by atoms with E-state index in [1.165, 1.54) is 4.88 Å². The Morgan fingerprint density at radius 3 is 2.62 bits per heavy atom. The summed E-state index contributed by atoms with van der Waals surface area (Å²) in [7, 11) is 1.87. The van der Waals surface area contributed by atoms with Gasteiger partial charge < -0.3 is 4.90 Å². The van der Waals surface area contributed by atoms with E-state index in [-0.39, 0.29) is 11.3 Å². The van der Waals surface area contributed by atoms with Crippen LogP contribution in [-0.4, -0.2) is 17.9 Å². The molecule has 0 aliphatic rings. The lowest BCUT2D eigenvalue weighted by Crippen LogP contribution is -2.37. The molecule has 0 aliphatic carbocycles. The molecular weight excluding hydrogens is 286 g/mol. The monoisotopic (exact) mass is 303 g/mol. The standard InChI is InChI=1S/C12H18BrNOS/c1-5-12(2,3)11(15)14(4)7-10-6-9(13)8-16-10/h6,8H,5,7H2,1-4H3. The third-order valence-corrected chi connectivity index (χ3v) is 4.51. The van der Waals surface area contributed by atoms with Crippen molar-refractivity contribution in [2.75, 3.05) is 7.05 Å². The van der Waals surface area contributed by atoms with Crippen LogP contribution in [0.1, 0.15) is 32.1 Å². The minimum absolute atomic E-state index is 0.208. The Hall–Kier alpha value is -0.350. The summed E-state index contributed by atoms with van der Waals surface area (Å²) in [6, 6.07) is 2.06. The smallest absolute Gasteiger partial charge is 0.228 e. The second kappa shape index (κ2) is 5.32. The van der Waals surface area contributed by atoms with E-state index in [9.17, 15) is 4.79 Å². The number of hydrogen-bond donors (Lipinski definition) is 0. The zero-order chi connectivity index (χ0) is 12.3. The van der Waals surface area contributed by atoms with Gasteiger partial charge in [-0.25, -0.2) is 0 Å². The molecular formula is C12H18BrNOS. The molecule has 4 heteroatoms. The van der Waals surface area contributed by atoms with E-state index in [1.807, 2.05) is 38.1 Å². The Morgan fingerprint density at radius 2 is 2.19 bits per heavy atom. The summed E-state index contributed by atoms with van der Waals surface area (Å²) < 4.78 is 1.09. The number of thiophene rings is 1. The van der Waals surface area contributed by atoms with Gasteiger partial charge in [-0.2, -0.15) is 0 Å². The first-order valence-electron chi connectivity index (χ1n) is 5.35. The Kier molecular flexibility index (Phi) is 4.56. The number of halogens is 1. The summed E-state index contributed by atoms with van der Waals surface area (Å²) >= 11 is 5.09. The van der Waals surface area contributed by atoms with Crippen molar-refractivity contribution in [3.63, 3.8) is 0 Å². The largest absolute Gasteiger partial charge is 0.340 e. The Morgan fingerprint density at radius 1 is 1.56 bits per heavy atom. The van der Waals surface area contributed by atoms with Crippen LogP contribution in [0.5, 0.6) is 0 Å². The molecule has 0 spiro atoms. The van der Waals surface area contributed by atoms with Gasteiger partial charge in [0, 0.05) is 27.2 Å². The minimum Gasteiger partial charge on any atom is -0.340 e. The molecule has 0 radical (unpaired) electrons. The summed E-state index contributed by atoms with van der Waals surface area (Å²) in [5, 5.41) is 2.04. The van der Waals surface area contributed by atoms with Gasteiger partial charge in [-0.05, 0) is 28.4 Å². The minimum atomic E-state index is -0.261. The van der Waals surface area contributed by atoms with Gasteiger partial charge in [-0.3, -0.25) is 4.79 Å². The lowest BCUT2D eigenvalue weighted by molar-refractivity contribution is -0.139. The van der Waals surface area contributed by atoms with Crippen molar-refractivity contribution in [2.45, 2.75) is 33.7 Å². The van der Waals surface area contributed by atoms with Gasteiger partial charge in [0.15, 0.2) is 0 Å². The molecule has 0 aliphatic heterocycles. The molecule has 0 bridgehead atoms. The van der Waals surface area contributed by atoms with Crippen molar-refractivity contribution in [1.82, 2.24) is 4.90 Å². The fourth-order valence-electron chi connectivity index (χ4n) is 1.41. The summed E-state index contributed by atoms with van der Waals surface area (Å²) in [5.74, 6) is 0.208. The van der Waals surface area contributed by atoms with E-state index >= 15 is 0 Å². The number of hydrogen-bond acceptors (Lipinski definition) is 2. The molecule has 0 saturated carbocycles. The third kappa shape index (κ3) is 3.32. The molecule has 90 valence electrons. The van der Waals surface area contributed by atoms with Gasteiger partial charge >= 0.3 is 0 Å². The zero-order valence-corrected chi connectivity index (χ0v) is 12.6. The summed E-state index contributed by atoms with van der Waals surface area (Å²) in [5.41, 5.74) is -0.261. The highest BCUT2D eigenvalue weighted by Gasteiger charge is 2.28. The molecule has 1 rings (SSSR count). The molecule has 16 heavy (non-hydrogen) atoms. The molecule has 0 N–H and O–H groups in total. The third-order valence-electron chi connectivity index (χ3n) is 2.82. The van der Waals surface area contributed by atoms with Crippen LogP contribution < -0.4 is 0 Å². The molecule has 0 fully saturated rings. The molecule has 2 nitrogen and oxygen atoms in total. The van der Waals surface area contributed by atoms with Crippen LogP contribution in [0.3, 0.4) is 0 Å². The maximum absolute atomic E-state index is 12.1. The lowest BCUT2D eigenvalue weighted by atomic mass is 9.89. The molecule has 0 atom stereocenters. The van der Waals surface area contributed by atoms with E-state index in [0.29, 0.717) is 6.54 Å². The highest BCUT2D eigenvalue weighted by molar-refractivity contribution is 9.10. The predicted molar refractivity (Wildman–Crippen MR) is 72.6 cm³/mol. The Bertz CT molecular complexity index is 373. The van der Waals surface area contributed by atoms with Crippen molar-refractivity contribution < 1.29 is 4.79 Å². The molecule has 0 aromatic carbocycles. The fourth-order valence-corrected chi connectivity index (χ4v) is 2.91. The number of rotatable bonds is 4. The van der Waals surface area contributed by atoms with Crippen molar-refractivity contribution in [1.29, 1.82) is 0 Å². The van der Waals surface area contributed by atoms with Crippen molar-refractivity contribution >= 4 is 33.2 Å². The van der Waals surface area contributed by atoms with Crippen LogP contribution in [0.15, 0.2) is 15.9 Å². The Balaban J connectivity index is 2.65. The van der Waals surface area contributed by atoms with Gasteiger partial charge in [0.05, 0.1) is 6.54 Å². The average molecular weight is 304 g/mol. The van der Waals surface area contributed by atoms with Gasteiger partial charge in [-0.1, -0.05) is 20.8 Å². The zero-order valence-electron chi connectivity index (χ0n) is 10.2. The fraction of sp³-hybridized carbons (Fsp3) is 0.583. The van der Waals surface area contributed by atoms with Crippen LogP contribution in [0, 0.1) is 5.41 Å². The number of amides is 1. The van der Waals surface area contributed by atoms with E-state index in [2.05, 4.69) is 22.0 Å². The van der Waals surface area contributed by atoms with E-state index in [4.69, 9.17) is 0 Å². The van der Waals surface area contributed by atoms with E-state index in [0.717, 1.165) is 10.9 Å². The first kappa shape index (κ1) is 13.7. The molecule has 0 saturated heterocycles. The van der Waals surface area contributed by atoms with Gasteiger partial charge in [-0.15, -0.1) is 11.3 Å². The SMILES string of the molecule is CCC(C)(C)C(=O)N(C)Cc1cc(Br)cs1. The van der Waals surface area contributed by atoms with Gasteiger partial charge in [0.25, 0.3) is 0 Å².